The van der Waals surface area contributed by atoms with E-state index in [1.165, 1.54) is 11.6 Å². The van der Waals surface area contributed by atoms with Gasteiger partial charge in [-0.2, -0.15) is 0 Å². The first-order valence-electron chi connectivity index (χ1n) is 17.5. The highest BCUT2D eigenvalue weighted by atomic mass is 16.3. The lowest BCUT2D eigenvalue weighted by molar-refractivity contribution is -0.660. The molecule has 34 heavy (non-hydrogen) atoms. The van der Waals surface area contributed by atoms with E-state index in [2.05, 4.69) is 4.98 Å². The van der Waals surface area contributed by atoms with E-state index in [1.807, 2.05) is 24.3 Å². The average molecular weight is 461 g/mol. The van der Waals surface area contributed by atoms with E-state index in [0.717, 1.165) is 12.3 Å². The minimum absolute atomic E-state index is 0.209. The zero-order valence-corrected chi connectivity index (χ0v) is 19.0. The van der Waals surface area contributed by atoms with Gasteiger partial charge in [0, 0.05) is 63.0 Å². The van der Waals surface area contributed by atoms with Gasteiger partial charge in [-0.1, -0.05) is 38.0 Å². The molecule has 0 spiro atoms. The third kappa shape index (κ3) is 2.70. The van der Waals surface area contributed by atoms with Crippen LogP contribution < -0.4 is 4.57 Å². The summed E-state index contributed by atoms with van der Waals surface area (Å²) < 4.78 is 116. The van der Waals surface area contributed by atoms with Crippen molar-refractivity contribution < 1.29 is 26.8 Å². The minimum Gasteiger partial charge on any atom is -0.455 e. The zero-order chi connectivity index (χ0) is 34.9. The van der Waals surface area contributed by atoms with Crippen molar-refractivity contribution in [2.75, 3.05) is 0 Å². The number of hydrogen-bond acceptors (Lipinski definition) is 2. The maximum Gasteiger partial charge on any atom is 0.216 e. The molecule has 3 heterocycles. The zero-order valence-electron chi connectivity index (χ0n) is 32.0. The van der Waals surface area contributed by atoms with E-state index in [-0.39, 0.29) is 5.69 Å². The second-order valence-corrected chi connectivity index (χ2v) is 9.10. The predicted octanol–water partition coefficient (Wildman–Crippen LogP) is 7.52. The van der Waals surface area contributed by atoms with Crippen LogP contribution in [0.1, 0.15) is 79.1 Å². The fraction of sp³-hybridized carbons (Fsp3) is 0.290. The summed E-state index contributed by atoms with van der Waals surface area (Å²) in [6, 6.07) is 12.0. The standard InChI is InChI=1S/C31H31N2O/c1-17(2)24-15-25(33(7)16-19(24)4)26-18(3)10-11-21-22-13-12-20-23-9-8-14-32-30(23)31(5,6)27(20)29(22)34-28(21)26/h8-17H,1-7H3/q+1/i1D3,2D3,4D3,5D3,17D. The molecule has 5 aromatic rings. The van der Waals surface area contributed by atoms with Crippen molar-refractivity contribution in [3.8, 4) is 22.4 Å². The van der Waals surface area contributed by atoms with E-state index in [0.29, 0.717) is 55.4 Å². The molecule has 170 valence electrons. The SMILES string of the molecule is [2H]C([2H])([2H])c1c[n+](C)c(-c2c(C)ccc3c2oc2c4c(ccc23)-c2cccnc2C4(C)C([2H])([2H])[2H])cc1C([2H])(C([2H])([2H])[2H])C([2H])([2H])[2H]. The first-order valence-corrected chi connectivity index (χ1v) is 11.0. The third-order valence-electron chi connectivity index (χ3n) is 6.89. The quantitative estimate of drug-likeness (QED) is 0.255. The molecule has 0 saturated carbocycles. The molecule has 0 bridgehead atoms. The summed E-state index contributed by atoms with van der Waals surface area (Å²) in [5.41, 5.74) is 1.28. The van der Waals surface area contributed by atoms with Crippen LogP contribution in [-0.4, -0.2) is 4.98 Å². The number of fused-ring (bicyclic) bond motifs is 7. The first kappa shape index (κ1) is 11.3. The average Bonchev–Trinajstić information content (AvgIpc) is 3.44. The Morgan fingerprint density at radius 3 is 2.68 bits per heavy atom. The van der Waals surface area contributed by atoms with E-state index in [1.54, 1.807) is 32.2 Å². The molecule has 0 aliphatic heterocycles. The van der Waals surface area contributed by atoms with Gasteiger partial charge >= 0.3 is 0 Å². The molecule has 3 heteroatoms. The highest BCUT2D eigenvalue weighted by Crippen LogP contribution is 2.52. The number of pyridine rings is 2. The van der Waals surface area contributed by atoms with Gasteiger partial charge in [-0.15, -0.1) is 0 Å². The summed E-state index contributed by atoms with van der Waals surface area (Å²) in [4.78, 5) is 4.48. The number of aryl methyl sites for hydroxylation is 3. The van der Waals surface area contributed by atoms with Gasteiger partial charge in [-0.25, -0.2) is 4.57 Å². The lowest BCUT2D eigenvalue weighted by Crippen LogP contribution is -2.32. The Morgan fingerprint density at radius 1 is 1.06 bits per heavy atom. The normalized spacial score (nSPS) is 24.5. The fourth-order valence-corrected chi connectivity index (χ4v) is 5.29. The van der Waals surface area contributed by atoms with Crippen molar-refractivity contribution in [2.45, 2.75) is 52.6 Å². The van der Waals surface area contributed by atoms with Crippen molar-refractivity contribution in [1.29, 1.82) is 0 Å². The second-order valence-electron chi connectivity index (χ2n) is 9.10. The summed E-state index contributed by atoms with van der Waals surface area (Å²) in [6.45, 7) is -8.94. The highest BCUT2D eigenvalue weighted by Gasteiger charge is 2.40. The van der Waals surface area contributed by atoms with Crippen LogP contribution >= 0.6 is 0 Å². The van der Waals surface area contributed by atoms with Gasteiger partial charge in [0.1, 0.15) is 18.2 Å². The maximum absolute atomic E-state index is 8.90. The lowest BCUT2D eigenvalue weighted by Gasteiger charge is -2.20. The molecule has 0 amide bonds. The Morgan fingerprint density at radius 2 is 1.88 bits per heavy atom. The summed E-state index contributed by atoms with van der Waals surface area (Å²) in [7, 11) is 1.54. The van der Waals surface area contributed by atoms with Gasteiger partial charge < -0.3 is 4.42 Å². The summed E-state index contributed by atoms with van der Waals surface area (Å²) >= 11 is 0. The Balaban J connectivity index is 1.74. The van der Waals surface area contributed by atoms with Gasteiger partial charge in [-0.05, 0) is 62.3 Å². The molecule has 1 aliphatic rings. The van der Waals surface area contributed by atoms with Crippen LogP contribution in [0.25, 0.3) is 44.3 Å². The summed E-state index contributed by atoms with van der Waals surface area (Å²) in [5.74, 6) is -3.29. The van der Waals surface area contributed by atoms with Crippen LogP contribution in [0.15, 0.2) is 59.3 Å². The van der Waals surface area contributed by atoms with Crippen LogP contribution in [0.5, 0.6) is 0 Å². The van der Waals surface area contributed by atoms with Crippen molar-refractivity contribution >= 4 is 21.9 Å². The number of nitrogens with zero attached hydrogens (tertiary/aromatic N) is 2. The predicted molar refractivity (Wildman–Crippen MR) is 139 cm³/mol. The Kier molecular flexibility index (Phi) is 2.34. The van der Waals surface area contributed by atoms with Crippen molar-refractivity contribution in [3.63, 3.8) is 0 Å². The van der Waals surface area contributed by atoms with E-state index in [9.17, 15) is 0 Å². The maximum atomic E-state index is 8.90. The van der Waals surface area contributed by atoms with Gasteiger partial charge in [0.05, 0.1) is 11.3 Å². The molecule has 0 fully saturated rings. The minimum atomic E-state index is -3.43. The largest absolute Gasteiger partial charge is 0.455 e. The Hall–Kier alpha value is -3.46. The summed E-state index contributed by atoms with van der Waals surface area (Å²) in [6.07, 6.45) is 2.70. The van der Waals surface area contributed by atoms with E-state index < -0.39 is 49.8 Å². The van der Waals surface area contributed by atoms with Crippen LogP contribution in [0.3, 0.4) is 0 Å². The van der Waals surface area contributed by atoms with Gasteiger partial charge in [-0.3, -0.25) is 4.98 Å². The van der Waals surface area contributed by atoms with E-state index in [4.69, 9.17) is 22.2 Å². The molecule has 0 N–H and O–H groups in total. The second kappa shape index (κ2) is 7.02. The molecular weight excluding hydrogens is 416 g/mol. The number of aromatic nitrogens is 2. The van der Waals surface area contributed by atoms with Gasteiger partial charge in [0.25, 0.3) is 0 Å². The van der Waals surface area contributed by atoms with Crippen LogP contribution in [0.2, 0.25) is 0 Å². The topological polar surface area (TPSA) is 29.9 Å². The Bertz CT molecular complexity index is 2090. The van der Waals surface area contributed by atoms with Gasteiger partial charge in [0.2, 0.25) is 5.69 Å². The molecule has 1 unspecified atom stereocenters. The molecule has 0 radical (unpaired) electrons. The molecule has 0 saturated heterocycles. The number of hydrogen-bond donors (Lipinski definition) is 0. The first-order chi connectivity index (χ1) is 21.5. The van der Waals surface area contributed by atoms with Crippen molar-refractivity contribution in [1.82, 2.24) is 4.98 Å². The number of rotatable bonds is 2. The van der Waals surface area contributed by atoms with Crippen LogP contribution in [0.4, 0.5) is 0 Å². The molecule has 1 aliphatic carbocycles. The van der Waals surface area contributed by atoms with Gasteiger partial charge in [0.15, 0.2) is 6.20 Å². The van der Waals surface area contributed by atoms with E-state index >= 15 is 0 Å². The number of benzene rings is 2. The molecule has 6 rings (SSSR count). The monoisotopic (exact) mass is 460 g/mol. The molecular formula is C31H31N2O+. The van der Waals surface area contributed by atoms with Crippen LogP contribution in [0, 0.1) is 13.8 Å². The molecule has 2 aromatic carbocycles. The van der Waals surface area contributed by atoms with Crippen molar-refractivity contribution in [2.24, 2.45) is 7.05 Å². The Labute approximate surface area is 219 Å². The lowest BCUT2D eigenvalue weighted by atomic mass is 9.84. The van der Waals surface area contributed by atoms with Crippen LogP contribution in [-0.2, 0) is 12.5 Å². The molecule has 3 aromatic heterocycles. The fourth-order valence-electron chi connectivity index (χ4n) is 5.29. The molecule has 1 atom stereocenters. The highest BCUT2D eigenvalue weighted by molar-refractivity contribution is 6.12. The third-order valence-corrected chi connectivity index (χ3v) is 6.89. The van der Waals surface area contributed by atoms with Crippen molar-refractivity contribution in [3.05, 3.63) is 82.8 Å². The smallest absolute Gasteiger partial charge is 0.216 e. The number of furan rings is 1. The summed E-state index contributed by atoms with van der Waals surface area (Å²) in [5, 5.41) is 1.22. The molecule has 3 nitrogen and oxygen atoms in total.